The van der Waals surface area contributed by atoms with Crippen LogP contribution in [0.2, 0.25) is 0 Å². The van der Waals surface area contributed by atoms with Gasteiger partial charge in [0.25, 0.3) is 0 Å². The fourth-order valence-electron chi connectivity index (χ4n) is 10.4. The maximum atomic E-state index is 14.5. The molecule has 0 spiro atoms. The summed E-state index contributed by atoms with van der Waals surface area (Å²) in [7, 11) is 0. The molecule has 5 nitrogen and oxygen atoms in total. The molecule has 5 aliphatic rings. The smallest absolute Gasteiger partial charge is 0.220 e. The van der Waals surface area contributed by atoms with E-state index in [1.165, 1.54) is 0 Å². The molecule has 3 fully saturated rings. The van der Waals surface area contributed by atoms with Crippen LogP contribution >= 0.6 is 0 Å². The van der Waals surface area contributed by atoms with Crippen LogP contribution < -0.4 is 5.32 Å². The highest BCUT2D eigenvalue weighted by atomic mass is 16.1. The first-order valence-electron chi connectivity index (χ1n) is 15.4. The minimum atomic E-state index is -0.465. The van der Waals surface area contributed by atoms with Crippen molar-refractivity contribution in [2.24, 2.45) is 50.7 Å². The van der Waals surface area contributed by atoms with E-state index in [-0.39, 0.29) is 68.4 Å². The molecule has 0 aliphatic heterocycles. The van der Waals surface area contributed by atoms with Crippen molar-refractivity contribution in [2.75, 3.05) is 6.54 Å². The lowest BCUT2D eigenvalue weighted by molar-refractivity contribution is -0.171. The second kappa shape index (κ2) is 9.15. The van der Waals surface area contributed by atoms with E-state index in [1.54, 1.807) is 0 Å². The van der Waals surface area contributed by atoms with Crippen molar-refractivity contribution in [3.05, 3.63) is 23.3 Å². The van der Waals surface area contributed by atoms with Gasteiger partial charge in [0.2, 0.25) is 5.91 Å². The first-order valence-corrected chi connectivity index (χ1v) is 15.4. The predicted molar refractivity (Wildman–Crippen MR) is 152 cm³/mol. The van der Waals surface area contributed by atoms with Gasteiger partial charge in [-0.15, -0.1) is 0 Å². The summed E-state index contributed by atoms with van der Waals surface area (Å²) in [5.74, 6) is 0.425. The Hall–Kier alpha value is -2.22. The van der Waals surface area contributed by atoms with Crippen molar-refractivity contribution in [1.82, 2.24) is 5.32 Å². The zero-order valence-corrected chi connectivity index (χ0v) is 25.2. The second-order valence-electron chi connectivity index (χ2n) is 15.2. The number of amides is 1. The summed E-state index contributed by atoms with van der Waals surface area (Å²) in [6.45, 7) is 16.2. The van der Waals surface area contributed by atoms with Gasteiger partial charge in [0.15, 0.2) is 11.6 Å². The van der Waals surface area contributed by atoms with Crippen LogP contribution in [-0.4, -0.2) is 24.0 Å². The van der Waals surface area contributed by atoms with Crippen LogP contribution in [0.15, 0.2) is 23.3 Å². The highest BCUT2D eigenvalue weighted by Gasteiger charge is 2.68. The Kier molecular flexibility index (Phi) is 6.64. The molecule has 0 radical (unpaired) electrons. The van der Waals surface area contributed by atoms with E-state index in [2.05, 4.69) is 46.0 Å². The normalized spacial score (nSPS) is 44.5. The topological polar surface area (TPSA) is 87.0 Å². The van der Waals surface area contributed by atoms with Crippen molar-refractivity contribution >= 4 is 17.5 Å². The van der Waals surface area contributed by atoms with Crippen molar-refractivity contribution in [2.45, 2.75) is 106 Å². The standard InChI is InChI=1S/C34H48N2O3/c1-8-36-27(38)10-12-34-15-13-30(3,4)19-24(34)28-25(37)17-26-31(5)18-22(20-35)29(39)21(2)23(31)9-11-32(26,6)33(28,7)14-16-34/h17-18,21,23-24,28H,8-16,19H2,1-7H3,(H,36,38)/t21-,23-,24?,28+,31-,32+,33+,34+/m0/s1. The Labute approximate surface area is 235 Å². The second-order valence-corrected chi connectivity index (χ2v) is 15.2. The molecular weight excluding hydrogens is 484 g/mol. The monoisotopic (exact) mass is 532 g/mol. The minimum Gasteiger partial charge on any atom is -0.356 e. The molecule has 0 aromatic carbocycles. The number of rotatable bonds is 4. The molecule has 0 heterocycles. The molecule has 1 N–H and O–H groups in total. The van der Waals surface area contributed by atoms with Crippen LogP contribution in [-0.2, 0) is 14.4 Å². The van der Waals surface area contributed by atoms with Crippen LogP contribution in [0.25, 0.3) is 0 Å². The van der Waals surface area contributed by atoms with E-state index in [1.807, 2.05) is 26.0 Å². The summed E-state index contributed by atoms with van der Waals surface area (Å²) in [5, 5.41) is 12.8. The van der Waals surface area contributed by atoms with Gasteiger partial charge in [-0.05, 0) is 97.9 Å². The number of nitriles is 1. The Morgan fingerprint density at radius 3 is 2.41 bits per heavy atom. The third-order valence-electron chi connectivity index (χ3n) is 12.9. The molecule has 5 aliphatic carbocycles. The number of hydrogen-bond donors (Lipinski definition) is 1. The van der Waals surface area contributed by atoms with Gasteiger partial charge in [-0.1, -0.05) is 53.2 Å². The Morgan fingerprint density at radius 2 is 1.74 bits per heavy atom. The van der Waals surface area contributed by atoms with E-state index in [0.29, 0.717) is 13.0 Å². The maximum Gasteiger partial charge on any atom is 0.220 e. The summed E-state index contributed by atoms with van der Waals surface area (Å²) in [6.07, 6.45) is 12.5. The van der Waals surface area contributed by atoms with Gasteiger partial charge < -0.3 is 5.32 Å². The largest absolute Gasteiger partial charge is 0.356 e. The van der Waals surface area contributed by atoms with Gasteiger partial charge in [0, 0.05) is 30.2 Å². The summed E-state index contributed by atoms with van der Waals surface area (Å²) < 4.78 is 0. The van der Waals surface area contributed by atoms with Crippen LogP contribution in [0.4, 0.5) is 0 Å². The zero-order chi connectivity index (χ0) is 28.6. The number of nitrogens with one attached hydrogen (secondary N) is 1. The highest BCUT2D eigenvalue weighted by molar-refractivity contribution is 6.02. The lowest BCUT2D eigenvalue weighted by Gasteiger charge is -2.69. The molecule has 0 bridgehead atoms. The quantitative estimate of drug-likeness (QED) is 0.435. The number of fused-ring (bicyclic) bond motifs is 7. The fraction of sp³-hybridized carbons (Fsp3) is 0.765. The van der Waals surface area contributed by atoms with Crippen LogP contribution in [0.1, 0.15) is 106 Å². The van der Waals surface area contributed by atoms with E-state index in [9.17, 15) is 19.6 Å². The Balaban J connectivity index is 1.61. The third kappa shape index (κ3) is 3.94. The number of allylic oxidation sites excluding steroid dienone is 4. The minimum absolute atomic E-state index is 0.0307. The Morgan fingerprint density at radius 1 is 1.05 bits per heavy atom. The SMILES string of the molecule is CCNC(=O)CC[C@]12CCC(C)(C)CC1[C@@H]1C(=O)C=C3[C@@]4(C)C=C(C#N)C(=O)[C@@H](C)[C@@H]4CC[C@@]3(C)[C@]1(C)CC2. The number of Topliss-reactive ketones (excluding diaryl/α,β-unsaturated/α-hetero) is 1. The van der Waals surface area contributed by atoms with Crippen molar-refractivity contribution in [3.63, 3.8) is 0 Å². The van der Waals surface area contributed by atoms with Crippen LogP contribution in [0, 0.1) is 62.1 Å². The average Bonchev–Trinajstić information content (AvgIpc) is 2.87. The van der Waals surface area contributed by atoms with Gasteiger partial charge in [-0.3, -0.25) is 14.4 Å². The highest BCUT2D eigenvalue weighted by Crippen LogP contribution is 2.74. The number of nitrogens with zero attached hydrogens (tertiary/aromatic N) is 1. The van der Waals surface area contributed by atoms with E-state index in [0.717, 1.165) is 56.9 Å². The summed E-state index contributed by atoms with van der Waals surface area (Å²) in [6, 6.07) is 2.18. The molecule has 1 unspecified atom stereocenters. The first-order chi connectivity index (χ1) is 18.2. The van der Waals surface area contributed by atoms with Gasteiger partial charge in [-0.2, -0.15) is 5.26 Å². The predicted octanol–water partition coefficient (Wildman–Crippen LogP) is 6.73. The van der Waals surface area contributed by atoms with Crippen molar-refractivity contribution < 1.29 is 14.4 Å². The van der Waals surface area contributed by atoms with Crippen LogP contribution in [0.5, 0.6) is 0 Å². The summed E-state index contributed by atoms with van der Waals surface area (Å²) >= 11 is 0. The zero-order valence-electron chi connectivity index (χ0n) is 25.2. The van der Waals surface area contributed by atoms with E-state index >= 15 is 0 Å². The molecule has 212 valence electrons. The number of carbonyl (C=O) groups is 3. The molecule has 0 saturated heterocycles. The molecule has 5 heteroatoms. The van der Waals surface area contributed by atoms with E-state index < -0.39 is 5.41 Å². The van der Waals surface area contributed by atoms with Crippen molar-refractivity contribution in [1.29, 1.82) is 5.26 Å². The number of ketones is 2. The van der Waals surface area contributed by atoms with Gasteiger partial charge in [0.1, 0.15) is 6.07 Å². The third-order valence-corrected chi connectivity index (χ3v) is 12.9. The van der Waals surface area contributed by atoms with E-state index in [4.69, 9.17) is 0 Å². The summed E-state index contributed by atoms with van der Waals surface area (Å²) in [4.78, 5) is 40.0. The molecule has 8 atom stereocenters. The number of carbonyl (C=O) groups excluding carboxylic acids is 3. The van der Waals surface area contributed by atoms with Gasteiger partial charge in [-0.25, -0.2) is 0 Å². The molecule has 0 aromatic heterocycles. The maximum absolute atomic E-state index is 14.5. The first kappa shape index (κ1) is 28.3. The van der Waals surface area contributed by atoms with Crippen LogP contribution in [0.3, 0.4) is 0 Å². The van der Waals surface area contributed by atoms with Gasteiger partial charge in [0.05, 0.1) is 5.57 Å². The molecule has 39 heavy (non-hydrogen) atoms. The van der Waals surface area contributed by atoms with Crippen molar-refractivity contribution in [3.8, 4) is 6.07 Å². The van der Waals surface area contributed by atoms with Gasteiger partial charge >= 0.3 is 0 Å². The fourth-order valence-corrected chi connectivity index (χ4v) is 10.4. The lowest BCUT2D eigenvalue weighted by atomic mass is 9.34. The average molecular weight is 533 g/mol. The molecule has 3 saturated carbocycles. The molecule has 0 aromatic rings. The molecule has 5 rings (SSSR count). The lowest BCUT2D eigenvalue weighted by Crippen LogP contribution is -2.64. The molecular formula is C34H48N2O3. The molecule has 1 amide bonds. The Bertz CT molecular complexity index is 1210. The summed E-state index contributed by atoms with van der Waals surface area (Å²) in [5.41, 5.74) is 0.787. The number of hydrogen-bond acceptors (Lipinski definition) is 4.